The van der Waals surface area contributed by atoms with E-state index in [-0.39, 0.29) is 10.5 Å². The Balaban J connectivity index is 1.28. The molecule has 0 amide bonds. The van der Waals surface area contributed by atoms with Crippen LogP contribution in [0.4, 0.5) is 0 Å². The molecule has 9 nitrogen and oxygen atoms in total. The summed E-state index contributed by atoms with van der Waals surface area (Å²) < 4.78 is 40.6. The van der Waals surface area contributed by atoms with E-state index >= 15 is 0 Å². The van der Waals surface area contributed by atoms with Crippen molar-refractivity contribution in [3.63, 3.8) is 0 Å². The van der Waals surface area contributed by atoms with Gasteiger partial charge in [0, 0.05) is 43.7 Å². The topological polar surface area (TPSA) is 94.0 Å². The molecule has 0 unspecified atom stereocenters. The van der Waals surface area contributed by atoms with E-state index in [2.05, 4.69) is 4.98 Å². The number of halogens is 1. The Hall–Kier alpha value is -2.66. The van der Waals surface area contributed by atoms with E-state index < -0.39 is 10.0 Å². The van der Waals surface area contributed by atoms with E-state index in [0.29, 0.717) is 73.5 Å². The molecule has 3 aromatic rings. The molecule has 33 heavy (non-hydrogen) atoms. The lowest BCUT2D eigenvalue weighted by molar-refractivity contribution is 0.150. The second kappa shape index (κ2) is 8.94. The van der Waals surface area contributed by atoms with E-state index in [1.54, 1.807) is 30.3 Å². The highest BCUT2D eigenvalue weighted by Crippen LogP contribution is 2.33. The van der Waals surface area contributed by atoms with Gasteiger partial charge in [-0.3, -0.25) is 14.3 Å². The molecular weight excluding hydrogens is 468 g/mol. The SMILES string of the molecule is O=c1c2cc(Cl)ccc2ncn1CN1CCN(S(=O)(=O)c2ccc3c(c2)OCCCO3)CC1. The average Bonchev–Trinajstić information content (AvgIpc) is 3.06. The van der Waals surface area contributed by atoms with Gasteiger partial charge in [-0.1, -0.05) is 11.6 Å². The average molecular weight is 491 g/mol. The van der Waals surface area contributed by atoms with Gasteiger partial charge in [-0.25, -0.2) is 13.4 Å². The Morgan fingerprint density at radius 3 is 2.52 bits per heavy atom. The summed E-state index contributed by atoms with van der Waals surface area (Å²) in [6.45, 7) is 2.98. The van der Waals surface area contributed by atoms with Gasteiger partial charge in [0.2, 0.25) is 10.0 Å². The Labute approximate surface area is 196 Å². The quantitative estimate of drug-likeness (QED) is 0.553. The summed E-state index contributed by atoms with van der Waals surface area (Å²) in [5.74, 6) is 1.02. The minimum atomic E-state index is -3.67. The first-order chi connectivity index (χ1) is 15.9. The van der Waals surface area contributed by atoms with Crippen LogP contribution in [0.5, 0.6) is 11.5 Å². The molecule has 0 aliphatic carbocycles. The number of nitrogens with zero attached hydrogens (tertiary/aromatic N) is 4. The molecule has 11 heteroatoms. The molecule has 3 heterocycles. The third kappa shape index (κ3) is 4.43. The van der Waals surface area contributed by atoms with Gasteiger partial charge in [-0.15, -0.1) is 0 Å². The second-order valence-corrected chi connectivity index (χ2v) is 10.4. The summed E-state index contributed by atoms with van der Waals surface area (Å²) in [5.41, 5.74) is 0.413. The van der Waals surface area contributed by atoms with E-state index in [1.807, 2.05) is 4.90 Å². The van der Waals surface area contributed by atoms with Crippen LogP contribution in [0.25, 0.3) is 10.9 Å². The summed E-state index contributed by atoms with van der Waals surface area (Å²) >= 11 is 6.03. The van der Waals surface area contributed by atoms with Gasteiger partial charge >= 0.3 is 0 Å². The smallest absolute Gasteiger partial charge is 0.262 e. The Kier molecular flexibility index (Phi) is 6.00. The molecule has 174 valence electrons. The number of hydrogen-bond acceptors (Lipinski definition) is 7. The molecule has 1 aromatic heterocycles. The van der Waals surface area contributed by atoms with Crippen molar-refractivity contribution in [1.82, 2.24) is 18.8 Å². The third-order valence-corrected chi connectivity index (χ3v) is 7.96. The number of piperazine rings is 1. The van der Waals surface area contributed by atoms with Crippen LogP contribution in [0.15, 0.2) is 52.4 Å². The van der Waals surface area contributed by atoms with Crippen LogP contribution >= 0.6 is 11.6 Å². The van der Waals surface area contributed by atoms with Gasteiger partial charge in [0.25, 0.3) is 5.56 Å². The van der Waals surface area contributed by atoms with Crippen LogP contribution < -0.4 is 15.0 Å². The number of ether oxygens (including phenoxy) is 2. The predicted octanol–water partition coefficient (Wildman–Crippen LogP) is 2.18. The van der Waals surface area contributed by atoms with E-state index in [0.717, 1.165) is 6.42 Å². The van der Waals surface area contributed by atoms with Crippen molar-refractivity contribution in [2.75, 3.05) is 39.4 Å². The fraction of sp³-hybridized carbons (Fsp3) is 0.364. The maximum Gasteiger partial charge on any atom is 0.262 e. The zero-order valence-electron chi connectivity index (χ0n) is 17.8. The molecular formula is C22H23ClN4O5S. The molecule has 0 radical (unpaired) electrons. The fourth-order valence-electron chi connectivity index (χ4n) is 4.01. The molecule has 5 rings (SSSR count). The molecule has 1 fully saturated rings. The van der Waals surface area contributed by atoms with Crippen molar-refractivity contribution in [1.29, 1.82) is 0 Å². The van der Waals surface area contributed by atoms with Crippen molar-refractivity contribution in [2.24, 2.45) is 0 Å². The highest BCUT2D eigenvalue weighted by molar-refractivity contribution is 7.89. The van der Waals surface area contributed by atoms with Gasteiger partial charge in [0.1, 0.15) is 0 Å². The lowest BCUT2D eigenvalue weighted by atomic mass is 10.2. The minimum absolute atomic E-state index is 0.176. The largest absolute Gasteiger partial charge is 0.490 e. The molecule has 1 saturated heterocycles. The molecule has 0 saturated carbocycles. The highest BCUT2D eigenvalue weighted by atomic mass is 35.5. The summed E-state index contributed by atoms with van der Waals surface area (Å²) in [6, 6.07) is 9.77. The van der Waals surface area contributed by atoms with Crippen molar-refractivity contribution < 1.29 is 17.9 Å². The maximum absolute atomic E-state index is 13.2. The van der Waals surface area contributed by atoms with Crippen molar-refractivity contribution in [2.45, 2.75) is 18.0 Å². The predicted molar refractivity (Wildman–Crippen MR) is 123 cm³/mol. The molecule has 0 atom stereocenters. The van der Waals surface area contributed by atoms with Crippen LogP contribution in [-0.2, 0) is 16.7 Å². The first-order valence-corrected chi connectivity index (χ1v) is 12.5. The van der Waals surface area contributed by atoms with Crippen LogP contribution in [0.1, 0.15) is 6.42 Å². The molecule has 0 bridgehead atoms. The van der Waals surface area contributed by atoms with Crippen LogP contribution in [0.2, 0.25) is 5.02 Å². The number of benzene rings is 2. The Bertz CT molecular complexity index is 1350. The summed E-state index contributed by atoms with van der Waals surface area (Å²) in [6.07, 6.45) is 2.26. The summed E-state index contributed by atoms with van der Waals surface area (Å²) in [5, 5.41) is 0.938. The first-order valence-electron chi connectivity index (χ1n) is 10.7. The number of sulfonamides is 1. The van der Waals surface area contributed by atoms with Gasteiger partial charge in [-0.05, 0) is 30.3 Å². The van der Waals surface area contributed by atoms with Crippen molar-refractivity contribution in [3.05, 3.63) is 58.1 Å². The van der Waals surface area contributed by atoms with Crippen LogP contribution in [0, 0.1) is 0 Å². The fourth-order valence-corrected chi connectivity index (χ4v) is 5.62. The molecule has 2 aromatic carbocycles. The standard InChI is InChI=1S/C22H23ClN4O5S/c23-16-2-4-19-18(12-16)22(28)26(14-24-19)15-25-6-8-27(9-7-25)33(29,30)17-3-5-20-21(13-17)32-11-1-10-31-20/h2-5,12-14H,1,6-11,15H2. The molecule has 2 aliphatic rings. The second-order valence-electron chi connectivity index (χ2n) is 8.00. The third-order valence-electron chi connectivity index (χ3n) is 5.83. The maximum atomic E-state index is 13.2. The van der Waals surface area contributed by atoms with E-state index in [4.69, 9.17) is 21.1 Å². The Morgan fingerprint density at radius 1 is 0.970 bits per heavy atom. The highest BCUT2D eigenvalue weighted by Gasteiger charge is 2.29. The number of aromatic nitrogens is 2. The molecule has 0 spiro atoms. The summed E-state index contributed by atoms with van der Waals surface area (Å²) in [7, 11) is -3.67. The number of rotatable bonds is 4. The Morgan fingerprint density at radius 2 is 1.73 bits per heavy atom. The zero-order valence-corrected chi connectivity index (χ0v) is 19.4. The number of hydrogen-bond donors (Lipinski definition) is 0. The number of fused-ring (bicyclic) bond motifs is 2. The van der Waals surface area contributed by atoms with Crippen LogP contribution in [0.3, 0.4) is 0 Å². The zero-order chi connectivity index (χ0) is 23.0. The van der Waals surface area contributed by atoms with E-state index in [9.17, 15) is 13.2 Å². The monoisotopic (exact) mass is 490 g/mol. The summed E-state index contributed by atoms with van der Waals surface area (Å²) in [4.78, 5) is 19.4. The van der Waals surface area contributed by atoms with Crippen LogP contribution in [-0.4, -0.2) is 66.6 Å². The van der Waals surface area contributed by atoms with Crippen molar-refractivity contribution >= 4 is 32.5 Å². The lowest BCUT2D eigenvalue weighted by Crippen LogP contribution is -2.49. The first kappa shape index (κ1) is 22.1. The minimum Gasteiger partial charge on any atom is -0.490 e. The normalized spacial score (nSPS) is 17.7. The van der Waals surface area contributed by atoms with Gasteiger partial charge in [-0.2, -0.15) is 4.31 Å². The van der Waals surface area contributed by atoms with Gasteiger partial charge in [0.05, 0.1) is 42.0 Å². The molecule has 2 aliphatic heterocycles. The van der Waals surface area contributed by atoms with Gasteiger partial charge < -0.3 is 9.47 Å². The van der Waals surface area contributed by atoms with Gasteiger partial charge in [0.15, 0.2) is 11.5 Å². The lowest BCUT2D eigenvalue weighted by Gasteiger charge is -2.34. The van der Waals surface area contributed by atoms with E-state index in [1.165, 1.54) is 21.3 Å². The molecule has 0 N–H and O–H groups in total. The van der Waals surface area contributed by atoms with Crippen molar-refractivity contribution in [3.8, 4) is 11.5 Å².